The van der Waals surface area contributed by atoms with E-state index in [2.05, 4.69) is 20.3 Å². The molecule has 1 heterocycles. The molecule has 0 aliphatic heterocycles. The molecule has 1 aromatic heterocycles. The first-order chi connectivity index (χ1) is 9.41. The van der Waals surface area contributed by atoms with E-state index in [1.807, 2.05) is 0 Å². The zero-order valence-electron chi connectivity index (χ0n) is 10.8. The van der Waals surface area contributed by atoms with Gasteiger partial charge < -0.3 is 5.32 Å². The number of nitrogens with zero attached hydrogens (tertiary/aromatic N) is 4. The van der Waals surface area contributed by atoms with Gasteiger partial charge in [0.05, 0.1) is 5.69 Å². The molecule has 2 aromatic rings. The van der Waals surface area contributed by atoms with Gasteiger partial charge in [-0.2, -0.15) is 4.98 Å². The molecule has 9 heteroatoms. The van der Waals surface area contributed by atoms with Gasteiger partial charge in [-0.1, -0.05) is 12.1 Å². The van der Waals surface area contributed by atoms with Crippen LogP contribution in [0.15, 0.2) is 35.5 Å². The summed E-state index contributed by atoms with van der Waals surface area (Å²) in [7, 11) is -0.643. The molecule has 0 aliphatic rings. The van der Waals surface area contributed by atoms with E-state index < -0.39 is 10.0 Å². The zero-order chi connectivity index (χ0) is 14.8. The Hall–Kier alpha value is -1.77. The van der Waals surface area contributed by atoms with Crippen molar-refractivity contribution in [3.8, 4) is 0 Å². The molecule has 0 aliphatic carbocycles. The highest BCUT2D eigenvalue weighted by Crippen LogP contribution is 2.25. The van der Waals surface area contributed by atoms with Crippen molar-refractivity contribution in [3.63, 3.8) is 0 Å². The van der Waals surface area contributed by atoms with E-state index in [0.29, 0.717) is 5.69 Å². The van der Waals surface area contributed by atoms with Gasteiger partial charge in [-0.3, -0.25) is 0 Å². The van der Waals surface area contributed by atoms with Crippen LogP contribution in [0.3, 0.4) is 0 Å². The van der Waals surface area contributed by atoms with Crippen molar-refractivity contribution in [2.24, 2.45) is 0 Å². The summed E-state index contributed by atoms with van der Waals surface area (Å²) in [4.78, 5) is 11.5. The molecule has 0 unspecified atom stereocenters. The Morgan fingerprint density at radius 2 is 1.90 bits per heavy atom. The second-order valence-corrected chi connectivity index (χ2v) is 6.45. The summed E-state index contributed by atoms with van der Waals surface area (Å²) in [6.07, 6.45) is 1.24. The number of hydrogen-bond donors (Lipinski definition) is 1. The van der Waals surface area contributed by atoms with Gasteiger partial charge in [0, 0.05) is 14.1 Å². The van der Waals surface area contributed by atoms with Crippen molar-refractivity contribution in [2.75, 3.05) is 19.4 Å². The highest BCUT2D eigenvalue weighted by molar-refractivity contribution is 7.89. The molecule has 7 nitrogen and oxygen atoms in total. The van der Waals surface area contributed by atoms with Gasteiger partial charge in [0.15, 0.2) is 0 Å². The minimum absolute atomic E-state index is 0.0236. The summed E-state index contributed by atoms with van der Waals surface area (Å²) in [5.41, 5.74) is 0.364. The smallest absolute Gasteiger partial charge is 0.244 e. The summed E-state index contributed by atoms with van der Waals surface area (Å²) in [5.74, 6) is 0.173. The average molecular weight is 314 g/mol. The predicted molar refractivity (Wildman–Crippen MR) is 75.4 cm³/mol. The summed E-state index contributed by atoms with van der Waals surface area (Å²) in [5, 5.41) is 2.85. The largest absolute Gasteiger partial charge is 0.323 e. The molecule has 0 saturated heterocycles. The molecule has 0 fully saturated rings. The van der Waals surface area contributed by atoms with Gasteiger partial charge in [0.25, 0.3) is 0 Å². The van der Waals surface area contributed by atoms with E-state index in [1.54, 1.807) is 18.2 Å². The lowest BCUT2D eigenvalue weighted by atomic mass is 10.3. The van der Waals surface area contributed by atoms with E-state index in [4.69, 9.17) is 11.6 Å². The standard InChI is InChI=1S/C11H12ClN5O2S/c1-17(2)20(18,19)9-6-4-3-5-8(9)15-11-14-7-13-10(12)16-11/h3-7H,1-2H3,(H,13,14,15,16). The van der Waals surface area contributed by atoms with Crippen LogP contribution in [-0.2, 0) is 10.0 Å². The van der Waals surface area contributed by atoms with E-state index in [0.717, 1.165) is 4.31 Å². The van der Waals surface area contributed by atoms with Crippen molar-refractivity contribution in [3.05, 3.63) is 35.9 Å². The molecule has 0 spiro atoms. The van der Waals surface area contributed by atoms with E-state index in [1.165, 1.54) is 26.5 Å². The van der Waals surface area contributed by atoms with Crippen LogP contribution in [0.1, 0.15) is 0 Å². The summed E-state index contributed by atoms with van der Waals surface area (Å²) in [6.45, 7) is 0. The molecule has 2 rings (SSSR count). The molecule has 20 heavy (non-hydrogen) atoms. The lowest BCUT2D eigenvalue weighted by Gasteiger charge is -2.15. The summed E-state index contributed by atoms with van der Waals surface area (Å²) >= 11 is 5.66. The third-order valence-corrected chi connectivity index (χ3v) is 4.49. The number of sulfonamides is 1. The summed E-state index contributed by atoms with van der Waals surface area (Å²) < 4.78 is 25.6. The number of halogens is 1. The Morgan fingerprint density at radius 1 is 1.20 bits per heavy atom. The molecular formula is C11H12ClN5O2S. The SMILES string of the molecule is CN(C)S(=O)(=O)c1ccccc1Nc1ncnc(Cl)n1. The highest BCUT2D eigenvalue weighted by Gasteiger charge is 2.21. The predicted octanol–water partition coefficient (Wildman–Crippen LogP) is 1.52. The van der Waals surface area contributed by atoms with Crippen LogP contribution >= 0.6 is 11.6 Å². The van der Waals surface area contributed by atoms with E-state index >= 15 is 0 Å². The third-order valence-electron chi connectivity index (χ3n) is 2.43. The van der Waals surface area contributed by atoms with Gasteiger partial charge in [-0.05, 0) is 23.7 Å². The number of anilines is 2. The first kappa shape index (κ1) is 14.6. The molecule has 0 amide bonds. The van der Waals surface area contributed by atoms with E-state index in [9.17, 15) is 8.42 Å². The van der Waals surface area contributed by atoms with Crippen molar-refractivity contribution in [1.82, 2.24) is 19.3 Å². The van der Waals surface area contributed by atoms with Crippen molar-refractivity contribution in [1.29, 1.82) is 0 Å². The molecule has 1 aromatic carbocycles. The zero-order valence-corrected chi connectivity index (χ0v) is 12.4. The quantitative estimate of drug-likeness (QED) is 0.920. The molecule has 1 N–H and O–H groups in total. The van der Waals surface area contributed by atoms with E-state index in [-0.39, 0.29) is 16.1 Å². The molecule has 0 atom stereocenters. The lowest BCUT2D eigenvalue weighted by Crippen LogP contribution is -2.23. The number of hydrogen-bond acceptors (Lipinski definition) is 6. The Balaban J connectivity index is 2.44. The molecule has 0 bridgehead atoms. The Bertz CT molecular complexity index is 720. The topological polar surface area (TPSA) is 88.1 Å². The monoisotopic (exact) mass is 313 g/mol. The first-order valence-corrected chi connectivity index (χ1v) is 7.36. The summed E-state index contributed by atoms with van der Waals surface area (Å²) in [6, 6.07) is 6.47. The number of benzene rings is 1. The van der Waals surface area contributed by atoms with Gasteiger partial charge >= 0.3 is 0 Å². The molecular weight excluding hydrogens is 302 g/mol. The van der Waals surface area contributed by atoms with Gasteiger partial charge in [0.2, 0.25) is 21.3 Å². The maximum Gasteiger partial charge on any atom is 0.244 e. The third kappa shape index (κ3) is 3.03. The van der Waals surface area contributed by atoms with Gasteiger partial charge in [-0.25, -0.2) is 22.7 Å². The number of aromatic nitrogens is 3. The Morgan fingerprint density at radius 3 is 2.55 bits per heavy atom. The molecule has 0 radical (unpaired) electrons. The lowest BCUT2D eigenvalue weighted by molar-refractivity contribution is 0.521. The fourth-order valence-electron chi connectivity index (χ4n) is 1.45. The number of rotatable bonds is 4. The van der Waals surface area contributed by atoms with Crippen molar-refractivity contribution in [2.45, 2.75) is 4.90 Å². The Kier molecular flexibility index (Phi) is 4.17. The minimum Gasteiger partial charge on any atom is -0.323 e. The van der Waals surface area contributed by atoms with Crippen molar-refractivity contribution >= 4 is 33.3 Å². The minimum atomic E-state index is -3.57. The van der Waals surface area contributed by atoms with Crippen LogP contribution in [0.2, 0.25) is 5.28 Å². The highest BCUT2D eigenvalue weighted by atomic mass is 35.5. The van der Waals surface area contributed by atoms with Crippen LogP contribution in [0.4, 0.5) is 11.6 Å². The van der Waals surface area contributed by atoms with Gasteiger partial charge in [0.1, 0.15) is 11.2 Å². The normalized spacial score (nSPS) is 11.6. The maximum atomic E-state index is 12.2. The second kappa shape index (κ2) is 5.70. The maximum absolute atomic E-state index is 12.2. The van der Waals surface area contributed by atoms with Crippen LogP contribution in [0, 0.1) is 0 Å². The van der Waals surface area contributed by atoms with Crippen LogP contribution in [0.5, 0.6) is 0 Å². The fraction of sp³-hybridized carbons (Fsp3) is 0.182. The Labute approximate surface area is 121 Å². The van der Waals surface area contributed by atoms with Crippen LogP contribution in [0.25, 0.3) is 0 Å². The molecule has 0 saturated carbocycles. The van der Waals surface area contributed by atoms with Crippen molar-refractivity contribution < 1.29 is 8.42 Å². The van der Waals surface area contributed by atoms with Crippen LogP contribution in [-0.4, -0.2) is 41.8 Å². The number of para-hydroxylation sites is 1. The number of nitrogens with one attached hydrogen (secondary N) is 1. The second-order valence-electron chi connectivity index (χ2n) is 3.99. The van der Waals surface area contributed by atoms with Crippen LogP contribution < -0.4 is 5.32 Å². The van der Waals surface area contributed by atoms with Gasteiger partial charge in [-0.15, -0.1) is 0 Å². The average Bonchev–Trinajstić information content (AvgIpc) is 2.39. The first-order valence-electron chi connectivity index (χ1n) is 5.54. The molecule has 106 valence electrons. The fourth-order valence-corrected chi connectivity index (χ4v) is 2.61.